The van der Waals surface area contributed by atoms with E-state index in [0.717, 1.165) is 64.2 Å². The summed E-state index contributed by atoms with van der Waals surface area (Å²) in [5, 5.41) is 9.03. The van der Waals surface area contributed by atoms with E-state index in [0.29, 0.717) is 12.8 Å². The summed E-state index contributed by atoms with van der Waals surface area (Å²) in [4.78, 5) is 0. The Bertz CT molecular complexity index is 442. The third-order valence-electron chi connectivity index (χ3n) is 5.97. The molecule has 0 aliphatic heterocycles. The average molecular weight is 473 g/mol. The monoisotopic (exact) mass is 472 g/mol. The SMILES string of the molecule is CCCCCCCC(CCCCCCCCCCCCC(O)CCC)S(=O)(=O)[O-].[K+]. The maximum Gasteiger partial charge on any atom is 1.00 e. The fraction of sp³-hybridized carbons (Fsp3) is 1.00. The van der Waals surface area contributed by atoms with E-state index in [1.54, 1.807) is 0 Å². The van der Waals surface area contributed by atoms with E-state index >= 15 is 0 Å². The Kier molecular flexibility index (Phi) is 26.6. The van der Waals surface area contributed by atoms with Gasteiger partial charge < -0.3 is 9.66 Å². The number of unbranched alkanes of at least 4 members (excludes halogenated alkanes) is 13. The van der Waals surface area contributed by atoms with Gasteiger partial charge in [-0.05, 0) is 25.7 Å². The Labute approximate surface area is 230 Å². The molecule has 6 heteroatoms. The Morgan fingerprint density at radius 2 is 0.967 bits per heavy atom. The zero-order valence-electron chi connectivity index (χ0n) is 20.4. The van der Waals surface area contributed by atoms with E-state index in [1.165, 1.54) is 51.4 Å². The second kappa shape index (κ2) is 23.7. The van der Waals surface area contributed by atoms with Crippen LogP contribution in [0.15, 0.2) is 0 Å². The average Bonchev–Trinajstić information content (AvgIpc) is 2.66. The molecule has 0 radical (unpaired) electrons. The largest absolute Gasteiger partial charge is 1.00 e. The Balaban J connectivity index is 0. The number of hydrogen-bond acceptors (Lipinski definition) is 4. The first kappa shape index (κ1) is 33.7. The van der Waals surface area contributed by atoms with Crippen molar-refractivity contribution in [2.45, 2.75) is 154 Å². The molecular weight excluding hydrogens is 423 g/mol. The van der Waals surface area contributed by atoms with E-state index in [1.807, 2.05) is 0 Å². The molecule has 0 bridgehead atoms. The molecule has 0 saturated carbocycles. The fourth-order valence-corrected chi connectivity index (χ4v) is 4.96. The van der Waals surface area contributed by atoms with Gasteiger partial charge in [-0.25, -0.2) is 8.42 Å². The second-order valence-corrected chi connectivity index (χ2v) is 10.5. The third-order valence-corrected chi connectivity index (χ3v) is 7.26. The standard InChI is InChI=1S/C24H50O4S.K/c1-3-5-6-13-17-21-24(29(26,27)28)22-18-15-12-10-8-7-9-11-14-16-20-23(25)19-4-2;/h23-25H,3-22H2,1-2H3,(H,26,27,28);/q;+1/p-1. The van der Waals surface area contributed by atoms with E-state index < -0.39 is 15.4 Å². The predicted molar refractivity (Wildman–Crippen MR) is 123 cm³/mol. The summed E-state index contributed by atoms with van der Waals surface area (Å²) in [7, 11) is -4.14. The first-order valence-corrected chi connectivity index (χ1v) is 14.0. The molecule has 0 saturated heterocycles. The quantitative estimate of drug-likeness (QED) is 0.146. The number of rotatable bonds is 22. The van der Waals surface area contributed by atoms with Gasteiger partial charge in [-0.3, -0.25) is 0 Å². The van der Waals surface area contributed by atoms with Gasteiger partial charge in [0.1, 0.15) is 0 Å². The minimum Gasteiger partial charge on any atom is -0.748 e. The summed E-state index contributed by atoms with van der Waals surface area (Å²) >= 11 is 0. The van der Waals surface area contributed by atoms with Crippen molar-refractivity contribution in [3.63, 3.8) is 0 Å². The molecule has 0 amide bonds. The van der Waals surface area contributed by atoms with Crippen molar-refractivity contribution < 1.29 is 69.5 Å². The first-order chi connectivity index (χ1) is 13.9. The molecule has 30 heavy (non-hydrogen) atoms. The Morgan fingerprint density at radius 1 is 0.600 bits per heavy atom. The van der Waals surface area contributed by atoms with Crippen molar-refractivity contribution in [1.29, 1.82) is 0 Å². The van der Waals surface area contributed by atoms with Crippen molar-refractivity contribution in [2.24, 2.45) is 0 Å². The molecule has 0 heterocycles. The maximum atomic E-state index is 11.5. The van der Waals surface area contributed by atoms with Crippen LogP contribution in [0.3, 0.4) is 0 Å². The van der Waals surface area contributed by atoms with Gasteiger partial charge in [0, 0.05) is 5.25 Å². The molecule has 176 valence electrons. The van der Waals surface area contributed by atoms with Gasteiger partial charge in [-0.2, -0.15) is 0 Å². The van der Waals surface area contributed by atoms with Crippen molar-refractivity contribution in [1.82, 2.24) is 0 Å². The molecule has 0 spiro atoms. The number of aliphatic hydroxyl groups is 1. The summed E-state index contributed by atoms with van der Waals surface area (Å²) in [5.74, 6) is 0. The molecular formula is C24H49KO4S. The molecule has 0 aromatic carbocycles. The zero-order chi connectivity index (χ0) is 21.8. The molecule has 0 rings (SSSR count). The van der Waals surface area contributed by atoms with Crippen LogP contribution < -0.4 is 51.4 Å². The molecule has 2 unspecified atom stereocenters. The van der Waals surface area contributed by atoms with Crippen molar-refractivity contribution in [3.8, 4) is 0 Å². The summed E-state index contributed by atoms with van der Waals surface area (Å²) in [6.07, 6.45) is 21.0. The van der Waals surface area contributed by atoms with Crippen LogP contribution in [0, 0.1) is 0 Å². The van der Waals surface area contributed by atoms with Gasteiger partial charge in [-0.15, -0.1) is 0 Å². The van der Waals surface area contributed by atoms with Crippen LogP contribution in [0.5, 0.6) is 0 Å². The molecule has 4 nitrogen and oxygen atoms in total. The molecule has 0 fully saturated rings. The Morgan fingerprint density at radius 3 is 1.33 bits per heavy atom. The van der Waals surface area contributed by atoms with Crippen LogP contribution in [0.1, 0.15) is 142 Å². The zero-order valence-corrected chi connectivity index (χ0v) is 24.3. The number of hydrogen-bond donors (Lipinski definition) is 1. The molecule has 2 atom stereocenters. The normalized spacial score (nSPS) is 13.7. The van der Waals surface area contributed by atoms with Crippen molar-refractivity contribution in [3.05, 3.63) is 0 Å². The van der Waals surface area contributed by atoms with Crippen LogP contribution in [-0.4, -0.2) is 29.4 Å². The molecule has 0 aliphatic rings. The molecule has 0 aromatic heterocycles. The van der Waals surface area contributed by atoms with Gasteiger partial charge in [0.05, 0.1) is 16.2 Å². The summed E-state index contributed by atoms with van der Waals surface area (Å²) in [6, 6.07) is 0. The van der Waals surface area contributed by atoms with Crippen molar-refractivity contribution in [2.75, 3.05) is 0 Å². The van der Waals surface area contributed by atoms with Gasteiger partial charge in [0.2, 0.25) is 0 Å². The smallest absolute Gasteiger partial charge is 0.748 e. The van der Waals surface area contributed by atoms with Crippen LogP contribution in [0.2, 0.25) is 0 Å². The fourth-order valence-electron chi connectivity index (χ4n) is 4.05. The van der Waals surface area contributed by atoms with Crippen molar-refractivity contribution >= 4 is 10.1 Å². The summed E-state index contributed by atoms with van der Waals surface area (Å²) in [6.45, 7) is 4.27. The van der Waals surface area contributed by atoms with E-state index in [4.69, 9.17) is 0 Å². The van der Waals surface area contributed by atoms with E-state index in [2.05, 4.69) is 13.8 Å². The van der Waals surface area contributed by atoms with Gasteiger partial charge in [0.25, 0.3) is 0 Å². The van der Waals surface area contributed by atoms with Crippen LogP contribution in [0.25, 0.3) is 0 Å². The summed E-state index contributed by atoms with van der Waals surface area (Å²) < 4.78 is 34.4. The minimum atomic E-state index is -4.14. The second-order valence-electron chi connectivity index (χ2n) is 8.87. The topological polar surface area (TPSA) is 77.4 Å². The molecule has 0 aliphatic carbocycles. The minimum absolute atomic E-state index is 0. The van der Waals surface area contributed by atoms with Gasteiger partial charge in [0.15, 0.2) is 0 Å². The van der Waals surface area contributed by atoms with Gasteiger partial charge >= 0.3 is 51.4 Å². The van der Waals surface area contributed by atoms with Crippen LogP contribution in [0.4, 0.5) is 0 Å². The maximum absolute atomic E-state index is 11.5. The molecule has 0 aromatic rings. The van der Waals surface area contributed by atoms with Crippen LogP contribution in [-0.2, 0) is 10.1 Å². The Hall–Kier alpha value is 1.51. The number of aliphatic hydroxyl groups excluding tert-OH is 1. The third kappa shape index (κ3) is 22.7. The molecule has 1 N–H and O–H groups in total. The first-order valence-electron chi connectivity index (χ1n) is 12.5. The predicted octanol–water partition coefficient (Wildman–Crippen LogP) is 4.11. The van der Waals surface area contributed by atoms with Gasteiger partial charge in [-0.1, -0.05) is 117 Å². The van der Waals surface area contributed by atoms with E-state index in [-0.39, 0.29) is 57.5 Å². The van der Waals surface area contributed by atoms with Crippen LogP contribution >= 0.6 is 0 Å². The van der Waals surface area contributed by atoms with E-state index in [9.17, 15) is 18.1 Å². The summed E-state index contributed by atoms with van der Waals surface area (Å²) in [5.41, 5.74) is 0.